The zero-order valence-corrected chi connectivity index (χ0v) is 19.2. The molecule has 4 rings (SSSR count). The van der Waals surface area contributed by atoms with Crippen LogP contribution in [0.3, 0.4) is 0 Å². The Bertz CT molecular complexity index is 1140. The van der Waals surface area contributed by atoms with Gasteiger partial charge in [0.05, 0.1) is 34.3 Å². The van der Waals surface area contributed by atoms with Gasteiger partial charge in [-0.1, -0.05) is 42.1 Å². The zero-order chi connectivity index (χ0) is 23.2. The lowest BCUT2D eigenvalue weighted by atomic mass is 9.94. The van der Waals surface area contributed by atoms with E-state index in [0.717, 1.165) is 31.2 Å². The molecule has 2 aromatic carbocycles. The Morgan fingerprint density at radius 2 is 1.78 bits per heavy atom. The molecule has 6 nitrogen and oxygen atoms in total. The van der Waals surface area contributed by atoms with Crippen LogP contribution in [0.1, 0.15) is 48.4 Å². The van der Waals surface area contributed by atoms with Crippen molar-refractivity contribution in [1.29, 1.82) is 0 Å². The fourth-order valence-corrected chi connectivity index (χ4v) is 5.23. The Labute approximate surface area is 196 Å². The molecule has 2 aromatic rings. The Morgan fingerprint density at radius 1 is 1.09 bits per heavy atom. The minimum atomic E-state index is -0.847. The van der Waals surface area contributed by atoms with Crippen molar-refractivity contribution in [1.82, 2.24) is 4.90 Å². The predicted molar refractivity (Wildman–Crippen MR) is 122 cm³/mol. The third-order valence-corrected chi connectivity index (χ3v) is 6.72. The summed E-state index contributed by atoms with van der Waals surface area (Å²) in [4.78, 5) is 27.9. The van der Waals surface area contributed by atoms with Gasteiger partial charge in [0.2, 0.25) is 0 Å². The number of benzene rings is 2. The molecule has 0 radical (unpaired) electrons. The monoisotopic (exact) mass is 475 g/mol. The maximum Gasteiger partial charge on any atom is 0.295 e. The lowest BCUT2D eigenvalue weighted by Gasteiger charge is -2.31. The summed E-state index contributed by atoms with van der Waals surface area (Å²) in [5.74, 6) is -1.70. The fourth-order valence-electron chi connectivity index (χ4n) is 4.69. The van der Waals surface area contributed by atoms with E-state index in [4.69, 9.17) is 27.9 Å². The van der Waals surface area contributed by atoms with Gasteiger partial charge in [0.25, 0.3) is 11.7 Å². The van der Waals surface area contributed by atoms with Gasteiger partial charge in [-0.2, -0.15) is 0 Å². The average Bonchev–Trinajstić information content (AvgIpc) is 3.36. The van der Waals surface area contributed by atoms with Gasteiger partial charge in [0.15, 0.2) is 0 Å². The number of carbonyl (C=O) groups is 2. The first-order valence-electron chi connectivity index (χ1n) is 10.4. The normalized spacial score (nSPS) is 20.9. The number of rotatable bonds is 4. The van der Waals surface area contributed by atoms with Gasteiger partial charge in [0, 0.05) is 6.04 Å². The van der Waals surface area contributed by atoms with E-state index in [1.807, 2.05) is 0 Å². The molecule has 1 atom stereocenters. The van der Waals surface area contributed by atoms with Crippen LogP contribution in [0.4, 0.5) is 0 Å². The van der Waals surface area contributed by atoms with Crippen molar-refractivity contribution in [2.75, 3.05) is 7.11 Å². The number of phenols is 1. The number of ketones is 1. The quantitative estimate of drug-likeness (QED) is 0.352. The standard InChI is InChI=1S/C24H23Cl2NO5/c1-12-9-15(23(32-2)17(26)10-12)21(29)19-20(13-7-8-18(28)16(25)11-13)27(24(31)22(19)30)14-5-3-4-6-14/h7-11,14,20,28-29H,3-6H2,1-2H3/b21-19+. The minimum Gasteiger partial charge on any atom is -0.507 e. The molecule has 1 unspecified atom stereocenters. The third-order valence-electron chi connectivity index (χ3n) is 6.13. The van der Waals surface area contributed by atoms with E-state index in [1.165, 1.54) is 19.2 Å². The van der Waals surface area contributed by atoms with E-state index in [0.29, 0.717) is 5.56 Å². The van der Waals surface area contributed by atoms with Crippen molar-refractivity contribution < 1.29 is 24.5 Å². The van der Waals surface area contributed by atoms with Crippen molar-refractivity contribution in [3.8, 4) is 11.5 Å². The summed E-state index contributed by atoms with van der Waals surface area (Å²) >= 11 is 12.5. The summed E-state index contributed by atoms with van der Waals surface area (Å²) in [6, 6.07) is 6.90. The van der Waals surface area contributed by atoms with E-state index in [1.54, 1.807) is 30.0 Å². The number of halogens is 2. The number of Topliss-reactive ketones (excluding diaryl/α,β-unsaturated/α-hetero) is 1. The molecule has 0 aromatic heterocycles. The van der Waals surface area contributed by atoms with Gasteiger partial charge in [-0.25, -0.2) is 0 Å². The highest BCUT2D eigenvalue weighted by atomic mass is 35.5. The summed E-state index contributed by atoms with van der Waals surface area (Å²) in [5.41, 5.74) is 1.46. The van der Waals surface area contributed by atoms with Crippen LogP contribution in [0.2, 0.25) is 10.0 Å². The SMILES string of the molecule is COc1c(Cl)cc(C)cc1/C(O)=C1\C(=O)C(=O)N(C2CCCC2)C1c1ccc(O)c(Cl)c1. The second kappa shape index (κ2) is 8.68. The maximum absolute atomic E-state index is 13.2. The molecule has 0 bridgehead atoms. The highest BCUT2D eigenvalue weighted by Crippen LogP contribution is 2.46. The Morgan fingerprint density at radius 3 is 2.41 bits per heavy atom. The number of hydrogen-bond donors (Lipinski definition) is 2. The first-order chi connectivity index (χ1) is 15.2. The largest absolute Gasteiger partial charge is 0.507 e. The third kappa shape index (κ3) is 3.71. The predicted octanol–water partition coefficient (Wildman–Crippen LogP) is 5.38. The summed E-state index contributed by atoms with van der Waals surface area (Å²) in [6.45, 7) is 1.80. The summed E-state index contributed by atoms with van der Waals surface area (Å²) < 4.78 is 5.39. The van der Waals surface area contributed by atoms with E-state index in [-0.39, 0.29) is 44.5 Å². The van der Waals surface area contributed by atoms with Crippen LogP contribution in [-0.2, 0) is 9.59 Å². The first-order valence-corrected chi connectivity index (χ1v) is 11.1. The number of aliphatic hydroxyl groups excluding tert-OH is 1. The number of aliphatic hydroxyl groups is 1. The molecular formula is C24H23Cl2NO5. The smallest absolute Gasteiger partial charge is 0.295 e. The number of phenolic OH excluding ortho intramolecular Hbond substituents is 1. The van der Waals surface area contributed by atoms with Gasteiger partial charge in [-0.3, -0.25) is 9.59 Å². The minimum absolute atomic E-state index is 0.0522. The van der Waals surface area contributed by atoms with Gasteiger partial charge in [-0.05, 0) is 55.2 Å². The number of likely N-dealkylation sites (tertiary alicyclic amines) is 1. The molecule has 168 valence electrons. The molecule has 0 spiro atoms. The number of aromatic hydroxyl groups is 1. The molecule has 1 aliphatic carbocycles. The molecule has 1 aliphatic heterocycles. The van der Waals surface area contributed by atoms with Crippen LogP contribution in [0, 0.1) is 6.92 Å². The van der Waals surface area contributed by atoms with Crippen molar-refractivity contribution >= 4 is 40.7 Å². The van der Waals surface area contributed by atoms with Crippen molar-refractivity contribution in [2.24, 2.45) is 0 Å². The lowest BCUT2D eigenvalue weighted by Crippen LogP contribution is -2.37. The molecule has 32 heavy (non-hydrogen) atoms. The highest BCUT2D eigenvalue weighted by molar-refractivity contribution is 6.47. The van der Waals surface area contributed by atoms with E-state index < -0.39 is 17.7 Å². The Balaban J connectivity index is 1.97. The van der Waals surface area contributed by atoms with Crippen LogP contribution < -0.4 is 4.74 Å². The molecular weight excluding hydrogens is 453 g/mol. The number of aryl methyl sites for hydroxylation is 1. The second-order valence-electron chi connectivity index (χ2n) is 8.18. The highest BCUT2D eigenvalue weighted by Gasteiger charge is 2.49. The van der Waals surface area contributed by atoms with Crippen molar-refractivity contribution in [3.05, 3.63) is 62.6 Å². The molecule has 1 heterocycles. The number of hydrogen-bond acceptors (Lipinski definition) is 5. The van der Waals surface area contributed by atoms with Gasteiger partial charge in [0.1, 0.15) is 17.3 Å². The van der Waals surface area contributed by atoms with Gasteiger partial charge < -0.3 is 19.8 Å². The van der Waals surface area contributed by atoms with E-state index in [9.17, 15) is 19.8 Å². The Hall–Kier alpha value is -2.70. The van der Waals surface area contributed by atoms with Crippen molar-refractivity contribution in [3.63, 3.8) is 0 Å². The van der Waals surface area contributed by atoms with Crippen LogP contribution in [0.5, 0.6) is 11.5 Å². The van der Waals surface area contributed by atoms with Crippen molar-refractivity contribution in [2.45, 2.75) is 44.7 Å². The molecule has 8 heteroatoms. The van der Waals surface area contributed by atoms with Crippen LogP contribution >= 0.6 is 23.2 Å². The number of carbonyl (C=O) groups excluding carboxylic acids is 2. The van der Waals surface area contributed by atoms with Crippen LogP contribution in [0.15, 0.2) is 35.9 Å². The molecule has 2 fully saturated rings. The lowest BCUT2D eigenvalue weighted by molar-refractivity contribution is -0.141. The van der Waals surface area contributed by atoms with E-state index in [2.05, 4.69) is 0 Å². The molecule has 1 saturated heterocycles. The molecule has 2 aliphatic rings. The second-order valence-corrected chi connectivity index (χ2v) is 9.00. The Kier molecular flexibility index (Phi) is 6.10. The number of methoxy groups -OCH3 is 1. The van der Waals surface area contributed by atoms with Crippen LogP contribution in [-0.4, -0.2) is 40.0 Å². The summed E-state index contributed by atoms with van der Waals surface area (Å²) in [6.07, 6.45) is 3.46. The average molecular weight is 476 g/mol. The number of ether oxygens (including phenoxy) is 1. The summed E-state index contributed by atoms with van der Waals surface area (Å²) in [5, 5.41) is 21.6. The fraction of sp³-hybridized carbons (Fsp3) is 0.333. The van der Waals surface area contributed by atoms with Crippen LogP contribution in [0.25, 0.3) is 5.76 Å². The maximum atomic E-state index is 13.2. The topological polar surface area (TPSA) is 87.1 Å². The zero-order valence-electron chi connectivity index (χ0n) is 17.7. The first kappa shape index (κ1) is 22.5. The molecule has 1 saturated carbocycles. The number of nitrogens with zero attached hydrogens (tertiary/aromatic N) is 1. The molecule has 1 amide bonds. The summed E-state index contributed by atoms with van der Waals surface area (Å²) in [7, 11) is 1.42. The number of amides is 1. The molecule has 2 N–H and O–H groups in total. The van der Waals surface area contributed by atoms with Gasteiger partial charge in [-0.15, -0.1) is 0 Å². The van der Waals surface area contributed by atoms with E-state index >= 15 is 0 Å². The van der Waals surface area contributed by atoms with Gasteiger partial charge >= 0.3 is 0 Å².